The van der Waals surface area contributed by atoms with Crippen molar-refractivity contribution in [3.63, 3.8) is 0 Å². The summed E-state index contributed by atoms with van der Waals surface area (Å²) in [4.78, 5) is 24.9. The summed E-state index contributed by atoms with van der Waals surface area (Å²) >= 11 is 0. The number of aliphatic carboxylic acids is 1. The fourth-order valence-electron chi connectivity index (χ4n) is 2.96. The Morgan fingerprint density at radius 2 is 2.23 bits per heavy atom. The third-order valence-corrected chi connectivity index (χ3v) is 4.21. The number of hydrogen-bond acceptors (Lipinski definition) is 3. The van der Waals surface area contributed by atoms with Gasteiger partial charge in [0.25, 0.3) is 0 Å². The summed E-state index contributed by atoms with van der Waals surface area (Å²) < 4.78 is 5.45. The number of likely N-dealkylation sites (tertiary alicyclic amines) is 1. The topological polar surface area (TPSA) is 66.8 Å². The van der Waals surface area contributed by atoms with Crippen LogP contribution >= 0.6 is 0 Å². The summed E-state index contributed by atoms with van der Waals surface area (Å²) in [6.07, 6.45) is 5.60. The van der Waals surface area contributed by atoms with Crippen molar-refractivity contribution in [1.82, 2.24) is 4.90 Å². The monoisotopic (exact) mass is 301 g/mol. The molecule has 1 aromatic carbocycles. The molecule has 1 saturated heterocycles. The van der Waals surface area contributed by atoms with Gasteiger partial charge in [0.2, 0.25) is 5.91 Å². The molecular formula is C17H19NO4. The molecule has 1 unspecified atom stereocenters. The molecule has 3 rings (SSSR count). The molecule has 2 aliphatic heterocycles. The smallest absolute Gasteiger partial charge is 0.308 e. The molecule has 2 heterocycles. The Hall–Kier alpha value is -2.30. The zero-order valence-electron chi connectivity index (χ0n) is 12.3. The highest BCUT2D eigenvalue weighted by molar-refractivity contribution is 5.92. The molecule has 0 spiro atoms. The zero-order valence-corrected chi connectivity index (χ0v) is 12.3. The van der Waals surface area contributed by atoms with E-state index in [1.54, 1.807) is 11.0 Å². The van der Waals surface area contributed by atoms with Gasteiger partial charge in [0.1, 0.15) is 5.75 Å². The Kier molecular flexibility index (Phi) is 4.13. The number of fused-ring (bicyclic) bond motifs is 1. The van der Waals surface area contributed by atoms with E-state index in [4.69, 9.17) is 9.84 Å². The number of carboxylic acid groups (broad SMARTS) is 1. The van der Waals surface area contributed by atoms with E-state index in [0.29, 0.717) is 26.1 Å². The molecule has 1 amide bonds. The van der Waals surface area contributed by atoms with Gasteiger partial charge in [-0.1, -0.05) is 6.07 Å². The predicted molar refractivity (Wildman–Crippen MR) is 81.6 cm³/mol. The largest absolute Gasteiger partial charge is 0.493 e. The van der Waals surface area contributed by atoms with Gasteiger partial charge < -0.3 is 14.7 Å². The Labute approximate surface area is 129 Å². The second-order valence-corrected chi connectivity index (χ2v) is 5.76. The van der Waals surface area contributed by atoms with E-state index in [0.717, 1.165) is 24.2 Å². The third kappa shape index (κ3) is 3.13. The molecule has 1 fully saturated rings. The molecule has 5 heteroatoms. The van der Waals surface area contributed by atoms with Gasteiger partial charge in [0.15, 0.2) is 0 Å². The standard InChI is InChI=1S/C17H19NO4/c19-16(18-8-1-2-14(11-18)17(20)21)6-4-12-3-5-15-13(10-12)7-9-22-15/h3-6,10,14H,1-2,7-9,11H2,(H,20,21). The van der Waals surface area contributed by atoms with Crippen LogP contribution in [0.4, 0.5) is 0 Å². The fraction of sp³-hybridized carbons (Fsp3) is 0.412. The number of piperidine rings is 1. The number of ether oxygens (including phenoxy) is 1. The highest BCUT2D eigenvalue weighted by Gasteiger charge is 2.27. The first kappa shape index (κ1) is 14.6. The lowest BCUT2D eigenvalue weighted by Gasteiger charge is -2.29. The van der Waals surface area contributed by atoms with Crippen molar-refractivity contribution in [3.05, 3.63) is 35.4 Å². The van der Waals surface area contributed by atoms with Crippen molar-refractivity contribution in [2.45, 2.75) is 19.3 Å². The van der Waals surface area contributed by atoms with E-state index in [-0.39, 0.29) is 5.91 Å². The number of amides is 1. The van der Waals surface area contributed by atoms with Crippen LogP contribution in [0.15, 0.2) is 24.3 Å². The molecule has 0 saturated carbocycles. The van der Waals surface area contributed by atoms with Crippen molar-refractivity contribution in [2.75, 3.05) is 19.7 Å². The van der Waals surface area contributed by atoms with Crippen molar-refractivity contribution in [1.29, 1.82) is 0 Å². The molecule has 0 radical (unpaired) electrons. The van der Waals surface area contributed by atoms with Crippen LogP contribution in [0.3, 0.4) is 0 Å². The molecular weight excluding hydrogens is 282 g/mol. The Balaban J connectivity index is 1.64. The summed E-state index contributed by atoms with van der Waals surface area (Å²) in [5.41, 5.74) is 2.13. The van der Waals surface area contributed by atoms with Gasteiger partial charge in [-0.3, -0.25) is 9.59 Å². The van der Waals surface area contributed by atoms with Crippen LogP contribution in [0, 0.1) is 5.92 Å². The van der Waals surface area contributed by atoms with Gasteiger partial charge in [-0.05, 0) is 42.2 Å². The van der Waals surface area contributed by atoms with E-state index < -0.39 is 11.9 Å². The van der Waals surface area contributed by atoms with E-state index in [9.17, 15) is 9.59 Å². The number of carbonyl (C=O) groups is 2. The lowest BCUT2D eigenvalue weighted by molar-refractivity contribution is -0.144. The molecule has 1 N–H and O–H groups in total. The van der Waals surface area contributed by atoms with Gasteiger partial charge >= 0.3 is 5.97 Å². The van der Waals surface area contributed by atoms with Gasteiger partial charge in [0.05, 0.1) is 12.5 Å². The molecule has 2 aliphatic rings. The van der Waals surface area contributed by atoms with E-state index >= 15 is 0 Å². The second kappa shape index (κ2) is 6.22. The maximum absolute atomic E-state index is 12.2. The van der Waals surface area contributed by atoms with Crippen LogP contribution in [-0.4, -0.2) is 41.6 Å². The lowest BCUT2D eigenvalue weighted by atomic mass is 9.98. The quantitative estimate of drug-likeness (QED) is 0.867. The maximum Gasteiger partial charge on any atom is 0.308 e. The van der Waals surface area contributed by atoms with E-state index in [1.165, 1.54) is 11.6 Å². The van der Waals surface area contributed by atoms with Gasteiger partial charge in [-0.2, -0.15) is 0 Å². The molecule has 0 bridgehead atoms. The van der Waals surface area contributed by atoms with E-state index in [2.05, 4.69) is 0 Å². The average molecular weight is 301 g/mol. The maximum atomic E-state index is 12.2. The van der Waals surface area contributed by atoms with Gasteiger partial charge in [-0.15, -0.1) is 0 Å². The van der Waals surface area contributed by atoms with Crippen molar-refractivity contribution in [2.24, 2.45) is 5.92 Å². The number of nitrogens with zero attached hydrogens (tertiary/aromatic N) is 1. The Morgan fingerprint density at radius 1 is 1.36 bits per heavy atom. The molecule has 1 aromatic rings. The third-order valence-electron chi connectivity index (χ3n) is 4.21. The number of benzene rings is 1. The van der Waals surface area contributed by atoms with Crippen LogP contribution in [0.5, 0.6) is 5.75 Å². The molecule has 0 aromatic heterocycles. The minimum atomic E-state index is -0.819. The normalized spacial score (nSPS) is 20.7. The Morgan fingerprint density at radius 3 is 3.05 bits per heavy atom. The van der Waals surface area contributed by atoms with Crippen molar-refractivity contribution in [3.8, 4) is 5.75 Å². The fourth-order valence-corrected chi connectivity index (χ4v) is 2.96. The van der Waals surface area contributed by atoms with Crippen LogP contribution in [0.25, 0.3) is 6.08 Å². The molecule has 5 nitrogen and oxygen atoms in total. The second-order valence-electron chi connectivity index (χ2n) is 5.76. The SMILES string of the molecule is O=C(O)C1CCCN(C(=O)C=Cc2ccc3c(c2)CCO3)C1. The summed E-state index contributed by atoms with van der Waals surface area (Å²) in [5.74, 6) is -0.463. The summed E-state index contributed by atoms with van der Waals surface area (Å²) in [6.45, 7) is 1.65. The predicted octanol–water partition coefficient (Wildman–Crippen LogP) is 1.96. The number of rotatable bonds is 3. The van der Waals surface area contributed by atoms with Crippen molar-refractivity contribution >= 4 is 18.0 Å². The lowest BCUT2D eigenvalue weighted by Crippen LogP contribution is -2.41. The van der Waals surface area contributed by atoms with Gasteiger partial charge in [0, 0.05) is 25.6 Å². The molecule has 116 valence electrons. The minimum absolute atomic E-state index is 0.123. The molecule has 22 heavy (non-hydrogen) atoms. The summed E-state index contributed by atoms with van der Waals surface area (Å²) in [7, 11) is 0. The first-order chi connectivity index (χ1) is 10.6. The Bertz CT molecular complexity index is 623. The zero-order chi connectivity index (χ0) is 15.5. The highest BCUT2D eigenvalue weighted by Crippen LogP contribution is 2.26. The van der Waals surface area contributed by atoms with Crippen LogP contribution in [0.2, 0.25) is 0 Å². The van der Waals surface area contributed by atoms with Crippen LogP contribution in [0.1, 0.15) is 24.0 Å². The number of carboxylic acids is 1. The number of hydrogen-bond donors (Lipinski definition) is 1. The van der Waals surface area contributed by atoms with Crippen LogP contribution in [-0.2, 0) is 16.0 Å². The first-order valence-corrected chi connectivity index (χ1v) is 7.59. The minimum Gasteiger partial charge on any atom is -0.493 e. The van der Waals surface area contributed by atoms with E-state index in [1.807, 2.05) is 18.2 Å². The summed E-state index contributed by atoms with van der Waals surface area (Å²) in [5, 5.41) is 9.07. The highest BCUT2D eigenvalue weighted by atomic mass is 16.5. The molecule has 0 aliphatic carbocycles. The average Bonchev–Trinajstić information content (AvgIpc) is 3.00. The van der Waals surface area contributed by atoms with Crippen LogP contribution < -0.4 is 4.74 Å². The summed E-state index contributed by atoms with van der Waals surface area (Å²) in [6, 6.07) is 5.88. The van der Waals surface area contributed by atoms with Gasteiger partial charge in [-0.25, -0.2) is 0 Å². The number of carbonyl (C=O) groups excluding carboxylic acids is 1. The van der Waals surface area contributed by atoms with Crippen molar-refractivity contribution < 1.29 is 19.4 Å². The molecule has 1 atom stereocenters. The first-order valence-electron chi connectivity index (χ1n) is 7.59.